The van der Waals surface area contributed by atoms with E-state index >= 15 is 0 Å². The highest BCUT2D eigenvalue weighted by atomic mass is 32.1. The van der Waals surface area contributed by atoms with Gasteiger partial charge in [-0.2, -0.15) is 0 Å². The number of nitrogens with zero attached hydrogens (tertiary/aromatic N) is 3. The monoisotopic (exact) mass is 367 g/mol. The molecule has 0 N–H and O–H groups in total. The number of carbonyl (C=O) groups is 2. The van der Waals surface area contributed by atoms with Gasteiger partial charge in [0.25, 0.3) is 11.8 Å². The standard InChI is InChI=1S/C20H21N3O2S/c1-12-7-6-8-16(9-12)23-13(2)10-15(14(23)3)11-17-18(24)21(4)20(26)22(5)19(17)25/h6-11H,1-5H3. The van der Waals surface area contributed by atoms with Crippen molar-refractivity contribution in [3.05, 3.63) is 58.4 Å². The third-order valence-electron chi connectivity index (χ3n) is 4.67. The predicted molar refractivity (Wildman–Crippen MR) is 106 cm³/mol. The van der Waals surface area contributed by atoms with Crippen LogP contribution in [0.25, 0.3) is 11.8 Å². The number of aryl methyl sites for hydroxylation is 2. The molecule has 5 nitrogen and oxygen atoms in total. The smallest absolute Gasteiger partial charge is 0.265 e. The maximum Gasteiger partial charge on any atom is 0.265 e. The molecule has 1 aromatic heterocycles. The third kappa shape index (κ3) is 2.86. The molecule has 2 heterocycles. The first kappa shape index (κ1) is 18.1. The molecule has 0 aliphatic carbocycles. The molecule has 0 radical (unpaired) electrons. The third-order valence-corrected chi connectivity index (χ3v) is 5.22. The fourth-order valence-corrected chi connectivity index (χ4v) is 3.39. The summed E-state index contributed by atoms with van der Waals surface area (Å²) in [4.78, 5) is 27.7. The summed E-state index contributed by atoms with van der Waals surface area (Å²) < 4.78 is 2.12. The lowest BCUT2D eigenvalue weighted by Gasteiger charge is -2.31. The van der Waals surface area contributed by atoms with E-state index < -0.39 is 0 Å². The Balaban J connectivity index is 2.10. The van der Waals surface area contributed by atoms with Crippen molar-refractivity contribution < 1.29 is 9.59 Å². The van der Waals surface area contributed by atoms with E-state index in [9.17, 15) is 9.59 Å². The molecule has 0 saturated carbocycles. The van der Waals surface area contributed by atoms with E-state index in [2.05, 4.69) is 23.6 Å². The number of carbonyl (C=O) groups excluding carboxylic acids is 2. The average molecular weight is 367 g/mol. The van der Waals surface area contributed by atoms with Gasteiger partial charge in [-0.15, -0.1) is 0 Å². The predicted octanol–water partition coefficient (Wildman–Crippen LogP) is 3.00. The van der Waals surface area contributed by atoms with Crippen molar-refractivity contribution >= 4 is 35.2 Å². The first-order chi connectivity index (χ1) is 12.2. The lowest BCUT2D eigenvalue weighted by Crippen LogP contribution is -2.52. The van der Waals surface area contributed by atoms with E-state index in [0.717, 1.165) is 22.6 Å². The van der Waals surface area contributed by atoms with Crippen molar-refractivity contribution in [3.8, 4) is 5.69 Å². The summed E-state index contributed by atoms with van der Waals surface area (Å²) in [6.45, 7) is 6.04. The molecule has 134 valence electrons. The van der Waals surface area contributed by atoms with Gasteiger partial charge in [-0.25, -0.2) is 0 Å². The molecule has 1 fully saturated rings. The second-order valence-electron chi connectivity index (χ2n) is 6.57. The maximum atomic E-state index is 12.5. The summed E-state index contributed by atoms with van der Waals surface area (Å²) in [5.74, 6) is -0.753. The van der Waals surface area contributed by atoms with E-state index in [0.29, 0.717) is 0 Å². The van der Waals surface area contributed by atoms with Gasteiger partial charge in [0.2, 0.25) is 0 Å². The second kappa shape index (κ2) is 6.53. The van der Waals surface area contributed by atoms with Crippen LogP contribution in [0.3, 0.4) is 0 Å². The van der Waals surface area contributed by atoms with Gasteiger partial charge < -0.3 is 4.57 Å². The van der Waals surface area contributed by atoms with Crippen LogP contribution < -0.4 is 0 Å². The van der Waals surface area contributed by atoms with Crippen LogP contribution in [0.5, 0.6) is 0 Å². The Labute approximate surface area is 158 Å². The summed E-state index contributed by atoms with van der Waals surface area (Å²) in [7, 11) is 3.16. The first-order valence-electron chi connectivity index (χ1n) is 8.30. The molecular weight excluding hydrogens is 346 g/mol. The van der Waals surface area contributed by atoms with Crippen LogP contribution in [0.2, 0.25) is 0 Å². The number of likely N-dealkylation sites (N-methyl/N-ethyl adjacent to an activating group) is 2. The van der Waals surface area contributed by atoms with Gasteiger partial charge in [0, 0.05) is 31.2 Å². The molecule has 0 atom stereocenters. The molecule has 1 saturated heterocycles. The molecule has 2 amide bonds. The molecule has 0 spiro atoms. The summed E-state index contributed by atoms with van der Waals surface area (Å²) >= 11 is 5.13. The normalized spacial score (nSPS) is 15.1. The summed E-state index contributed by atoms with van der Waals surface area (Å²) in [5, 5.41) is 0.211. The molecule has 0 bridgehead atoms. The van der Waals surface area contributed by atoms with Crippen molar-refractivity contribution in [1.29, 1.82) is 0 Å². The molecule has 0 unspecified atom stereocenters. The van der Waals surface area contributed by atoms with E-state index in [-0.39, 0.29) is 22.5 Å². The van der Waals surface area contributed by atoms with Crippen LogP contribution >= 0.6 is 12.2 Å². The second-order valence-corrected chi connectivity index (χ2v) is 6.93. The summed E-state index contributed by atoms with van der Waals surface area (Å²) in [5.41, 5.74) is 5.20. The fourth-order valence-electron chi connectivity index (χ4n) is 3.23. The number of aromatic nitrogens is 1. The summed E-state index contributed by atoms with van der Waals surface area (Å²) in [6, 6.07) is 10.2. The SMILES string of the molecule is Cc1cccc(-n2c(C)cc(C=C3C(=O)N(C)C(=S)N(C)C3=O)c2C)c1. The molecule has 1 aromatic carbocycles. The first-order valence-corrected chi connectivity index (χ1v) is 8.71. The van der Waals surface area contributed by atoms with Crippen molar-refractivity contribution in [2.24, 2.45) is 0 Å². The largest absolute Gasteiger partial charge is 0.318 e. The Morgan fingerprint density at radius 2 is 1.58 bits per heavy atom. The number of rotatable bonds is 2. The zero-order chi connectivity index (χ0) is 19.2. The Morgan fingerprint density at radius 1 is 0.962 bits per heavy atom. The minimum atomic E-state index is -0.376. The van der Waals surface area contributed by atoms with Gasteiger partial charge >= 0.3 is 0 Å². The van der Waals surface area contributed by atoms with Crippen LogP contribution in [0, 0.1) is 20.8 Å². The van der Waals surface area contributed by atoms with Gasteiger partial charge in [0.05, 0.1) is 0 Å². The van der Waals surface area contributed by atoms with Crippen LogP contribution in [0.15, 0.2) is 35.9 Å². The molecular formula is C20H21N3O2S. The Hall–Kier alpha value is -2.73. The molecule has 26 heavy (non-hydrogen) atoms. The quantitative estimate of drug-likeness (QED) is 0.466. The number of hydrogen-bond acceptors (Lipinski definition) is 3. The van der Waals surface area contributed by atoms with Gasteiger partial charge in [-0.05, 0) is 68.4 Å². The molecule has 1 aliphatic rings. The zero-order valence-corrected chi connectivity index (χ0v) is 16.3. The minimum absolute atomic E-state index is 0.119. The van der Waals surface area contributed by atoms with Crippen molar-refractivity contribution in [1.82, 2.24) is 14.4 Å². The maximum absolute atomic E-state index is 12.5. The van der Waals surface area contributed by atoms with E-state index in [1.807, 2.05) is 32.0 Å². The highest BCUT2D eigenvalue weighted by Crippen LogP contribution is 2.25. The van der Waals surface area contributed by atoms with Crippen LogP contribution in [-0.4, -0.2) is 45.4 Å². The van der Waals surface area contributed by atoms with E-state index in [1.54, 1.807) is 20.2 Å². The van der Waals surface area contributed by atoms with Gasteiger partial charge in [-0.1, -0.05) is 12.1 Å². The van der Waals surface area contributed by atoms with Gasteiger partial charge in [-0.3, -0.25) is 19.4 Å². The number of amides is 2. The van der Waals surface area contributed by atoms with E-state index in [1.165, 1.54) is 15.4 Å². The van der Waals surface area contributed by atoms with Gasteiger partial charge in [0.15, 0.2) is 5.11 Å². The van der Waals surface area contributed by atoms with E-state index in [4.69, 9.17) is 12.2 Å². The number of thiocarbonyl (C=S) groups is 1. The van der Waals surface area contributed by atoms with Crippen LogP contribution in [0.4, 0.5) is 0 Å². The Morgan fingerprint density at radius 3 is 2.15 bits per heavy atom. The number of hydrogen-bond donors (Lipinski definition) is 0. The topological polar surface area (TPSA) is 45.6 Å². The zero-order valence-electron chi connectivity index (χ0n) is 15.5. The minimum Gasteiger partial charge on any atom is -0.318 e. The Kier molecular flexibility index (Phi) is 4.54. The van der Waals surface area contributed by atoms with Crippen molar-refractivity contribution in [2.75, 3.05) is 14.1 Å². The van der Waals surface area contributed by atoms with Crippen LogP contribution in [-0.2, 0) is 9.59 Å². The molecule has 3 rings (SSSR count). The molecule has 1 aliphatic heterocycles. The summed E-state index contributed by atoms with van der Waals surface area (Å²) in [6.07, 6.45) is 1.66. The lowest BCUT2D eigenvalue weighted by atomic mass is 10.1. The van der Waals surface area contributed by atoms with Crippen molar-refractivity contribution in [2.45, 2.75) is 20.8 Å². The molecule has 6 heteroatoms. The lowest BCUT2D eigenvalue weighted by molar-refractivity contribution is -0.132. The van der Waals surface area contributed by atoms with Gasteiger partial charge in [0.1, 0.15) is 5.57 Å². The Bertz CT molecular complexity index is 945. The number of benzene rings is 1. The average Bonchev–Trinajstić information content (AvgIpc) is 2.88. The van der Waals surface area contributed by atoms with Crippen molar-refractivity contribution in [3.63, 3.8) is 0 Å². The highest BCUT2D eigenvalue weighted by Gasteiger charge is 2.35. The molecule has 2 aromatic rings. The highest BCUT2D eigenvalue weighted by molar-refractivity contribution is 7.80. The van der Waals surface area contributed by atoms with Crippen LogP contribution in [0.1, 0.15) is 22.5 Å². The fraction of sp³-hybridized carbons (Fsp3) is 0.250.